The Balaban J connectivity index is 3.10. The molecule has 0 unspecified atom stereocenters. The maximum absolute atomic E-state index is 10.1. The topological polar surface area (TPSA) is 86.2 Å². The summed E-state index contributed by atoms with van der Waals surface area (Å²) in [6.45, 7) is 0. The number of hydrogen-bond donors (Lipinski definition) is 3. The van der Waals surface area contributed by atoms with E-state index in [1.54, 1.807) is 0 Å². The number of H-pyrrole nitrogens is 1. The summed E-state index contributed by atoms with van der Waals surface area (Å²) in [6.07, 6.45) is 0. The average Bonchev–Trinajstić information content (AvgIpc) is 2.13. The Hall–Kier alpha value is -1.04. The summed E-state index contributed by atoms with van der Waals surface area (Å²) in [7, 11) is 0. The highest BCUT2D eigenvalue weighted by atomic mass is 79.9. The predicted molar refractivity (Wildman–Crippen MR) is 34.9 cm³/mol. The maximum Gasteiger partial charge on any atom is 0.372 e. The molecule has 0 saturated heterocycles. The number of hydrogen-bond acceptors (Lipinski definition) is 3. The number of carboxylic acid groups (broad SMARTS) is 1. The molecule has 1 rings (SSSR count). The minimum atomic E-state index is -1.21. The van der Waals surface area contributed by atoms with Crippen LogP contribution in [0.25, 0.3) is 0 Å². The van der Waals surface area contributed by atoms with Gasteiger partial charge in [-0.25, -0.2) is 4.79 Å². The van der Waals surface area contributed by atoms with Crippen molar-refractivity contribution in [3.8, 4) is 5.88 Å². The van der Waals surface area contributed by atoms with Gasteiger partial charge in [0.05, 0.1) is 0 Å². The molecule has 5 nitrogen and oxygen atoms in total. The molecule has 0 atom stereocenters. The van der Waals surface area contributed by atoms with Crippen LogP contribution < -0.4 is 0 Å². The highest BCUT2D eigenvalue weighted by molar-refractivity contribution is 9.10. The first-order valence-electron chi connectivity index (χ1n) is 2.29. The molecule has 0 aliphatic heterocycles. The van der Waals surface area contributed by atoms with Crippen molar-refractivity contribution in [2.75, 3.05) is 0 Å². The van der Waals surface area contributed by atoms with E-state index in [0.29, 0.717) is 0 Å². The fourth-order valence-corrected chi connectivity index (χ4v) is 0.721. The molecule has 0 spiro atoms. The second-order valence-corrected chi connectivity index (χ2v) is 2.32. The van der Waals surface area contributed by atoms with E-state index >= 15 is 0 Å². The second-order valence-electron chi connectivity index (χ2n) is 1.53. The van der Waals surface area contributed by atoms with Crippen LogP contribution in [0.15, 0.2) is 4.60 Å². The number of imidazole rings is 1. The van der Waals surface area contributed by atoms with Gasteiger partial charge < -0.3 is 15.2 Å². The first-order chi connectivity index (χ1) is 4.61. The van der Waals surface area contributed by atoms with Crippen molar-refractivity contribution in [3.63, 3.8) is 0 Å². The average molecular weight is 207 g/mol. The van der Waals surface area contributed by atoms with E-state index in [0.717, 1.165) is 0 Å². The lowest BCUT2D eigenvalue weighted by Crippen LogP contribution is -1.97. The van der Waals surface area contributed by atoms with Crippen LogP contribution in [0.2, 0.25) is 0 Å². The van der Waals surface area contributed by atoms with E-state index in [4.69, 9.17) is 10.2 Å². The van der Waals surface area contributed by atoms with Crippen LogP contribution >= 0.6 is 15.9 Å². The van der Waals surface area contributed by atoms with Gasteiger partial charge in [0, 0.05) is 0 Å². The van der Waals surface area contributed by atoms with Crippen molar-refractivity contribution in [1.82, 2.24) is 9.97 Å². The number of aromatic amines is 1. The fourth-order valence-electron chi connectivity index (χ4n) is 0.444. The van der Waals surface area contributed by atoms with Gasteiger partial charge in [0.2, 0.25) is 11.7 Å². The lowest BCUT2D eigenvalue weighted by Gasteiger charge is -1.79. The van der Waals surface area contributed by atoms with Crippen LogP contribution in [0.4, 0.5) is 0 Å². The van der Waals surface area contributed by atoms with Crippen molar-refractivity contribution in [2.45, 2.75) is 0 Å². The Morgan fingerprint density at radius 3 is 2.50 bits per heavy atom. The first-order valence-corrected chi connectivity index (χ1v) is 3.08. The molecule has 1 heterocycles. The van der Waals surface area contributed by atoms with Crippen LogP contribution in [0.1, 0.15) is 10.6 Å². The number of nitrogens with zero attached hydrogens (tertiary/aromatic N) is 1. The first kappa shape index (κ1) is 7.07. The largest absolute Gasteiger partial charge is 0.491 e. The molecule has 0 fully saturated rings. The molecular weight excluding hydrogens is 204 g/mol. The Morgan fingerprint density at radius 1 is 1.70 bits per heavy atom. The Kier molecular flexibility index (Phi) is 1.62. The molecule has 1 aromatic heterocycles. The zero-order valence-electron chi connectivity index (χ0n) is 4.63. The zero-order valence-corrected chi connectivity index (χ0v) is 6.21. The molecule has 0 aliphatic rings. The van der Waals surface area contributed by atoms with Gasteiger partial charge in [-0.3, -0.25) is 0 Å². The molecule has 0 aliphatic carbocycles. The molecule has 0 bridgehead atoms. The molecule has 0 radical (unpaired) electrons. The van der Waals surface area contributed by atoms with Gasteiger partial charge in [-0.1, -0.05) is 0 Å². The van der Waals surface area contributed by atoms with E-state index in [-0.39, 0.29) is 16.3 Å². The lowest BCUT2D eigenvalue weighted by molar-refractivity contribution is 0.0684. The SMILES string of the molecule is O=C(O)c1nc(O)c(Br)[nH]1. The van der Waals surface area contributed by atoms with Gasteiger partial charge in [0.15, 0.2) is 0 Å². The Morgan fingerprint density at radius 2 is 2.30 bits per heavy atom. The van der Waals surface area contributed by atoms with Gasteiger partial charge in [-0.05, 0) is 15.9 Å². The third kappa shape index (κ3) is 1.10. The summed E-state index contributed by atoms with van der Waals surface area (Å²) >= 11 is 2.85. The molecular formula is C4H3BrN2O3. The monoisotopic (exact) mass is 206 g/mol. The van der Waals surface area contributed by atoms with E-state index in [9.17, 15) is 4.79 Å². The molecule has 3 N–H and O–H groups in total. The molecule has 6 heteroatoms. The lowest BCUT2D eigenvalue weighted by atomic mass is 10.6. The van der Waals surface area contributed by atoms with Crippen LogP contribution in [-0.2, 0) is 0 Å². The Labute approximate surface area is 63.8 Å². The Bertz CT molecular complexity index is 250. The number of aromatic hydroxyl groups is 1. The molecule has 1 aromatic rings. The normalized spacial score (nSPS) is 9.70. The molecule has 54 valence electrons. The smallest absolute Gasteiger partial charge is 0.372 e. The van der Waals surface area contributed by atoms with Crippen molar-refractivity contribution in [3.05, 3.63) is 10.4 Å². The van der Waals surface area contributed by atoms with Crippen molar-refractivity contribution < 1.29 is 15.0 Å². The van der Waals surface area contributed by atoms with E-state index < -0.39 is 5.97 Å². The minimum Gasteiger partial charge on any atom is -0.491 e. The summed E-state index contributed by atoms with van der Waals surface area (Å²) in [6, 6.07) is 0. The number of halogens is 1. The summed E-state index contributed by atoms with van der Waals surface area (Å²) < 4.78 is 0.171. The van der Waals surface area contributed by atoms with Gasteiger partial charge in [0.25, 0.3) is 0 Å². The predicted octanol–water partition coefficient (Wildman–Crippen LogP) is 0.576. The van der Waals surface area contributed by atoms with Gasteiger partial charge in [-0.15, -0.1) is 0 Å². The highest BCUT2D eigenvalue weighted by Crippen LogP contribution is 2.18. The molecule has 0 saturated carbocycles. The molecule has 0 aromatic carbocycles. The summed E-state index contributed by atoms with van der Waals surface area (Å²) in [5.41, 5.74) is 0. The van der Waals surface area contributed by atoms with E-state index in [2.05, 4.69) is 25.9 Å². The van der Waals surface area contributed by atoms with Crippen LogP contribution in [0.3, 0.4) is 0 Å². The van der Waals surface area contributed by atoms with Gasteiger partial charge in [-0.2, -0.15) is 4.98 Å². The van der Waals surface area contributed by atoms with Gasteiger partial charge in [0.1, 0.15) is 4.60 Å². The highest BCUT2D eigenvalue weighted by Gasteiger charge is 2.11. The summed E-state index contributed by atoms with van der Waals surface area (Å²) in [5.74, 6) is -1.84. The standard InChI is InChI=1S/C4H3BrN2O3/c5-1-3(8)7-2(6-1)4(9)10/h8H,(H,6,7)(H,9,10). The van der Waals surface area contributed by atoms with E-state index in [1.165, 1.54) is 0 Å². The van der Waals surface area contributed by atoms with Crippen LogP contribution in [0, 0.1) is 0 Å². The third-order valence-electron chi connectivity index (χ3n) is 0.845. The fraction of sp³-hybridized carbons (Fsp3) is 0. The number of aromatic nitrogens is 2. The zero-order chi connectivity index (χ0) is 7.72. The molecule has 0 amide bonds. The number of nitrogens with one attached hydrogen (secondary N) is 1. The second kappa shape index (κ2) is 2.30. The van der Waals surface area contributed by atoms with Crippen LogP contribution in [-0.4, -0.2) is 26.2 Å². The number of rotatable bonds is 1. The van der Waals surface area contributed by atoms with Crippen molar-refractivity contribution in [2.24, 2.45) is 0 Å². The number of aromatic carboxylic acids is 1. The molecule has 10 heavy (non-hydrogen) atoms. The maximum atomic E-state index is 10.1. The summed E-state index contributed by atoms with van der Waals surface area (Å²) in [5, 5.41) is 17.0. The third-order valence-corrected chi connectivity index (χ3v) is 1.40. The van der Waals surface area contributed by atoms with Crippen LogP contribution in [0.5, 0.6) is 5.88 Å². The minimum absolute atomic E-state index is 0.171. The van der Waals surface area contributed by atoms with Crippen molar-refractivity contribution in [1.29, 1.82) is 0 Å². The number of carbonyl (C=O) groups is 1. The summed E-state index contributed by atoms with van der Waals surface area (Å²) in [4.78, 5) is 15.7. The number of carboxylic acids is 1. The van der Waals surface area contributed by atoms with Gasteiger partial charge >= 0.3 is 5.97 Å². The van der Waals surface area contributed by atoms with Crippen molar-refractivity contribution >= 4 is 21.9 Å². The van der Waals surface area contributed by atoms with E-state index in [1.807, 2.05) is 0 Å². The quantitative estimate of drug-likeness (QED) is 0.628.